The molecule has 3 rings (SSSR count). The molecule has 1 fully saturated rings. The molecular formula is C17H24N2O. The third-order valence-corrected chi connectivity index (χ3v) is 4.70. The van der Waals surface area contributed by atoms with E-state index in [1.54, 1.807) is 0 Å². The van der Waals surface area contributed by atoms with Crippen LogP contribution < -0.4 is 0 Å². The zero-order valence-electron chi connectivity index (χ0n) is 12.4. The average molecular weight is 272 g/mol. The van der Waals surface area contributed by atoms with Gasteiger partial charge < -0.3 is 9.80 Å². The number of hydrogen-bond acceptors (Lipinski definition) is 2. The quantitative estimate of drug-likeness (QED) is 0.825. The SMILES string of the molecule is CCN1CCN(C(=O)c2ccc3c(c2)CCCC3)CC1. The summed E-state index contributed by atoms with van der Waals surface area (Å²) in [6.07, 6.45) is 4.87. The number of hydrogen-bond donors (Lipinski definition) is 0. The number of rotatable bonds is 2. The van der Waals surface area contributed by atoms with Crippen molar-refractivity contribution < 1.29 is 4.79 Å². The average Bonchev–Trinajstić information content (AvgIpc) is 2.54. The molecule has 0 saturated carbocycles. The van der Waals surface area contributed by atoms with Crippen molar-refractivity contribution in [3.8, 4) is 0 Å². The summed E-state index contributed by atoms with van der Waals surface area (Å²) in [6.45, 7) is 7.01. The molecule has 0 spiro atoms. The maximum absolute atomic E-state index is 12.6. The minimum atomic E-state index is 0.217. The molecule has 3 nitrogen and oxygen atoms in total. The maximum atomic E-state index is 12.6. The van der Waals surface area contributed by atoms with Crippen LogP contribution in [0.2, 0.25) is 0 Å². The van der Waals surface area contributed by atoms with Crippen molar-refractivity contribution in [1.29, 1.82) is 0 Å². The molecule has 0 aromatic heterocycles. The van der Waals surface area contributed by atoms with Crippen molar-refractivity contribution in [1.82, 2.24) is 9.80 Å². The van der Waals surface area contributed by atoms with Gasteiger partial charge in [-0.05, 0) is 55.5 Å². The minimum Gasteiger partial charge on any atom is -0.336 e. The summed E-state index contributed by atoms with van der Waals surface area (Å²) < 4.78 is 0. The van der Waals surface area contributed by atoms with Crippen LogP contribution in [0.5, 0.6) is 0 Å². The van der Waals surface area contributed by atoms with Crippen LogP contribution >= 0.6 is 0 Å². The lowest BCUT2D eigenvalue weighted by Crippen LogP contribution is -2.48. The third-order valence-electron chi connectivity index (χ3n) is 4.70. The molecule has 1 amide bonds. The number of carbonyl (C=O) groups is 1. The first kappa shape index (κ1) is 13.6. The molecule has 0 bridgehead atoms. The number of amides is 1. The van der Waals surface area contributed by atoms with E-state index in [2.05, 4.69) is 24.0 Å². The van der Waals surface area contributed by atoms with Crippen LogP contribution in [0.25, 0.3) is 0 Å². The van der Waals surface area contributed by atoms with Crippen LogP contribution in [0.15, 0.2) is 18.2 Å². The number of likely N-dealkylation sites (N-methyl/N-ethyl adjacent to an activating group) is 1. The molecule has 1 aromatic rings. The van der Waals surface area contributed by atoms with E-state index >= 15 is 0 Å². The van der Waals surface area contributed by atoms with Gasteiger partial charge in [0.2, 0.25) is 0 Å². The number of fused-ring (bicyclic) bond motifs is 1. The predicted octanol–water partition coefficient (Wildman–Crippen LogP) is 2.34. The maximum Gasteiger partial charge on any atom is 0.253 e. The normalized spacial score (nSPS) is 19.8. The highest BCUT2D eigenvalue weighted by atomic mass is 16.2. The Labute approximate surface area is 121 Å². The number of nitrogens with zero attached hydrogens (tertiary/aromatic N) is 2. The first-order valence-electron chi connectivity index (χ1n) is 7.91. The van der Waals surface area contributed by atoms with Crippen LogP contribution in [0.1, 0.15) is 41.3 Å². The Morgan fingerprint density at radius 3 is 2.45 bits per heavy atom. The van der Waals surface area contributed by atoms with Gasteiger partial charge in [0.25, 0.3) is 5.91 Å². The lowest BCUT2D eigenvalue weighted by molar-refractivity contribution is 0.0643. The molecule has 0 radical (unpaired) electrons. The number of carbonyl (C=O) groups excluding carboxylic acids is 1. The summed E-state index contributed by atoms with van der Waals surface area (Å²) in [7, 11) is 0. The summed E-state index contributed by atoms with van der Waals surface area (Å²) in [5.74, 6) is 0.217. The van der Waals surface area contributed by atoms with Gasteiger partial charge in [0.1, 0.15) is 0 Å². The molecular weight excluding hydrogens is 248 g/mol. The molecule has 1 saturated heterocycles. The van der Waals surface area contributed by atoms with Gasteiger partial charge in [0.05, 0.1) is 0 Å². The van der Waals surface area contributed by atoms with E-state index in [0.717, 1.165) is 44.7 Å². The highest BCUT2D eigenvalue weighted by Crippen LogP contribution is 2.23. The predicted molar refractivity (Wildman–Crippen MR) is 81.1 cm³/mol. The molecule has 0 unspecified atom stereocenters. The fourth-order valence-electron chi connectivity index (χ4n) is 3.32. The van der Waals surface area contributed by atoms with E-state index in [1.807, 2.05) is 11.0 Å². The standard InChI is InChI=1S/C17H24N2O/c1-2-18-9-11-19(12-10-18)17(20)16-8-7-14-5-3-4-6-15(14)13-16/h7-8,13H,2-6,9-12H2,1H3. The van der Waals surface area contributed by atoms with Gasteiger partial charge in [-0.3, -0.25) is 4.79 Å². The smallest absolute Gasteiger partial charge is 0.253 e. The van der Waals surface area contributed by atoms with Crippen LogP contribution in [0.4, 0.5) is 0 Å². The zero-order chi connectivity index (χ0) is 13.9. The highest BCUT2D eigenvalue weighted by Gasteiger charge is 2.22. The fourth-order valence-corrected chi connectivity index (χ4v) is 3.32. The van der Waals surface area contributed by atoms with E-state index in [4.69, 9.17) is 0 Å². The van der Waals surface area contributed by atoms with Gasteiger partial charge in [-0.25, -0.2) is 0 Å². The van der Waals surface area contributed by atoms with Gasteiger partial charge in [-0.1, -0.05) is 13.0 Å². The summed E-state index contributed by atoms with van der Waals surface area (Å²) >= 11 is 0. The molecule has 0 atom stereocenters. The molecule has 3 heteroatoms. The molecule has 1 aliphatic heterocycles. The van der Waals surface area contributed by atoms with Crippen LogP contribution in [0, 0.1) is 0 Å². The van der Waals surface area contributed by atoms with Crippen LogP contribution in [-0.2, 0) is 12.8 Å². The van der Waals surface area contributed by atoms with Crippen molar-refractivity contribution in [2.24, 2.45) is 0 Å². The van der Waals surface area contributed by atoms with Gasteiger partial charge >= 0.3 is 0 Å². The van der Waals surface area contributed by atoms with Gasteiger partial charge in [0.15, 0.2) is 0 Å². The Bertz CT molecular complexity index is 490. The van der Waals surface area contributed by atoms with Crippen molar-refractivity contribution in [2.45, 2.75) is 32.6 Å². The van der Waals surface area contributed by atoms with Gasteiger partial charge in [0, 0.05) is 31.7 Å². The fraction of sp³-hybridized carbons (Fsp3) is 0.588. The lowest BCUT2D eigenvalue weighted by atomic mass is 9.90. The van der Waals surface area contributed by atoms with E-state index in [-0.39, 0.29) is 5.91 Å². The van der Waals surface area contributed by atoms with Crippen molar-refractivity contribution >= 4 is 5.91 Å². The molecule has 1 heterocycles. The first-order chi connectivity index (χ1) is 9.78. The largest absolute Gasteiger partial charge is 0.336 e. The third kappa shape index (κ3) is 2.73. The number of aryl methyl sites for hydroxylation is 2. The van der Waals surface area contributed by atoms with E-state index in [0.29, 0.717) is 0 Å². The Balaban J connectivity index is 1.71. The molecule has 1 aliphatic carbocycles. The molecule has 20 heavy (non-hydrogen) atoms. The summed E-state index contributed by atoms with van der Waals surface area (Å²) in [4.78, 5) is 17.0. The monoisotopic (exact) mass is 272 g/mol. The minimum absolute atomic E-state index is 0.217. The topological polar surface area (TPSA) is 23.6 Å². The second-order valence-electron chi connectivity index (χ2n) is 5.92. The molecule has 108 valence electrons. The Kier molecular flexibility index (Phi) is 4.06. The van der Waals surface area contributed by atoms with Gasteiger partial charge in [-0.2, -0.15) is 0 Å². The zero-order valence-corrected chi connectivity index (χ0v) is 12.4. The summed E-state index contributed by atoms with van der Waals surface area (Å²) in [5, 5.41) is 0. The lowest BCUT2D eigenvalue weighted by Gasteiger charge is -2.34. The van der Waals surface area contributed by atoms with Crippen LogP contribution in [-0.4, -0.2) is 48.4 Å². The van der Waals surface area contributed by atoms with Crippen molar-refractivity contribution in [2.75, 3.05) is 32.7 Å². The van der Waals surface area contributed by atoms with Crippen molar-refractivity contribution in [3.63, 3.8) is 0 Å². The van der Waals surface area contributed by atoms with Gasteiger partial charge in [-0.15, -0.1) is 0 Å². The molecule has 1 aromatic carbocycles. The van der Waals surface area contributed by atoms with E-state index < -0.39 is 0 Å². The first-order valence-corrected chi connectivity index (χ1v) is 7.91. The van der Waals surface area contributed by atoms with Crippen LogP contribution in [0.3, 0.4) is 0 Å². The Hall–Kier alpha value is -1.35. The summed E-state index contributed by atoms with van der Waals surface area (Å²) in [6, 6.07) is 6.34. The molecule has 0 N–H and O–H groups in total. The van der Waals surface area contributed by atoms with E-state index in [1.165, 1.54) is 30.4 Å². The molecule has 2 aliphatic rings. The Morgan fingerprint density at radius 1 is 1.05 bits per heavy atom. The highest BCUT2D eigenvalue weighted by molar-refractivity contribution is 5.94. The van der Waals surface area contributed by atoms with E-state index in [9.17, 15) is 4.79 Å². The Morgan fingerprint density at radius 2 is 1.75 bits per heavy atom. The second-order valence-corrected chi connectivity index (χ2v) is 5.92. The van der Waals surface area contributed by atoms with Crippen molar-refractivity contribution in [3.05, 3.63) is 34.9 Å². The second kappa shape index (κ2) is 5.96. The number of benzene rings is 1. The number of piperazine rings is 1. The summed E-state index contributed by atoms with van der Waals surface area (Å²) in [5.41, 5.74) is 3.73.